The molecule has 0 atom stereocenters. The lowest BCUT2D eigenvalue weighted by Crippen LogP contribution is -2.18. The van der Waals surface area contributed by atoms with E-state index in [1.807, 2.05) is 19.1 Å². The molecule has 0 aliphatic carbocycles. The van der Waals surface area contributed by atoms with Gasteiger partial charge in [0.05, 0.1) is 11.1 Å². The second-order valence-electron chi connectivity index (χ2n) is 9.41. The van der Waals surface area contributed by atoms with Gasteiger partial charge in [-0.25, -0.2) is 4.90 Å². The van der Waals surface area contributed by atoms with Crippen molar-refractivity contribution in [3.05, 3.63) is 64.4 Å². The number of ether oxygens (including phenoxy) is 1. The summed E-state index contributed by atoms with van der Waals surface area (Å²) in [5.41, 5.74) is 6.76. The highest BCUT2D eigenvalue weighted by molar-refractivity contribution is 5.96. The van der Waals surface area contributed by atoms with Crippen LogP contribution in [0.15, 0.2) is 45.2 Å². The first-order valence-electron chi connectivity index (χ1n) is 10.4. The normalized spacial score (nSPS) is 13.4. The Bertz CT molecular complexity index is 1280. The van der Waals surface area contributed by atoms with Crippen molar-refractivity contribution in [2.24, 2.45) is 0 Å². The average molecular weight is 402 g/mol. The lowest BCUT2D eigenvalue weighted by molar-refractivity contribution is 0.440. The highest BCUT2D eigenvalue weighted by Crippen LogP contribution is 2.56. The van der Waals surface area contributed by atoms with Gasteiger partial charge >= 0.3 is 0 Å². The number of fused-ring (bicyclic) bond motifs is 4. The fourth-order valence-electron chi connectivity index (χ4n) is 4.27. The molecule has 4 heteroatoms. The summed E-state index contributed by atoms with van der Waals surface area (Å²) in [4.78, 5) is 2.08. The molecule has 5 rings (SSSR count). The Balaban J connectivity index is 1.80. The third-order valence-electron chi connectivity index (χ3n) is 5.78. The van der Waals surface area contributed by atoms with Gasteiger partial charge in [-0.05, 0) is 67.5 Å². The van der Waals surface area contributed by atoms with Crippen LogP contribution in [0.2, 0.25) is 0 Å². The lowest BCUT2D eigenvalue weighted by Gasteiger charge is -2.30. The van der Waals surface area contributed by atoms with Crippen LogP contribution in [-0.2, 0) is 5.41 Å². The molecule has 4 nitrogen and oxygen atoms in total. The quantitative estimate of drug-likeness (QED) is 0.284. The largest absolute Gasteiger partial charge is 0.445 e. The third kappa shape index (κ3) is 2.74. The van der Waals surface area contributed by atoms with Crippen molar-refractivity contribution in [2.45, 2.75) is 53.9 Å². The summed E-state index contributed by atoms with van der Waals surface area (Å²) in [5.74, 6) is 3.56. The highest BCUT2D eigenvalue weighted by Gasteiger charge is 2.36. The standard InChI is InChI=1S/C26H27NO3/c1-14-8-9-19-20(10-14)30-25-23(19)29-21-13-17(4)28-24(21)27(25)22-15(2)11-18(12-16(22)3)26(5,6)7/h8-13H,1-7H3. The van der Waals surface area contributed by atoms with E-state index >= 15 is 0 Å². The van der Waals surface area contributed by atoms with Gasteiger partial charge in [-0.15, -0.1) is 0 Å². The van der Waals surface area contributed by atoms with E-state index in [9.17, 15) is 0 Å². The van der Waals surface area contributed by atoms with Gasteiger partial charge in [0.25, 0.3) is 11.8 Å². The van der Waals surface area contributed by atoms with E-state index in [0.717, 1.165) is 33.7 Å². The molecule has 4 aromatic rings. The first-order chi connectivity index (χ1) is 14.1. The second-order valence-corrected chi connectivity index (χ2v) is 9.41. The van der Waals surface area contributed by atoms with Gasteiger partial charge in [0.1, 0.15) is 11.3 Å². The zero-order chi connectivity index (χ0) is 21.4. The number of nitrogens with zero attached hydrogens (tertiary/aromatic N) is 1. The summed E-state index contributed by atoms with van der Waals surface area (Å²) in [6.07, 6.45) is 0. The molecular formula is C26H27NO3. The van der Waals surface area contributed by atoms with Crippen LogP contribution in [0.25, 0.3) is 11.0 Å². The van der Waals surface area contributed by atoms with Crippen LogP contribution < -0.4 is 9.64 Å². The molecule has 0 N–H and O–H groups in total. The van der Waals surface area contributed by atoms with Gasteiger partial charge < -0.3 is 13.6 Å². The Morgan fingerprint density at radius 1 is 0.800 bits per heavy atom. The van der Waals surface area contributed by atoms with Crippen molar-refractivity contribution in [1.29, 1.82) is 0 Å². The van der Waals surface area contributed by atoms with Crippen LogP contribution in [0.3, 0.4) is 0 Å². The molecule has 0 bridgehead atoms. The Hall–Kier alpha value is -3.14. The maximum absolute atomic E-state index is 6.35. The summed E-state index contributed by atoms with van der Waals surface area (Å²) >= 11 is 0. The molecular weight excluding hydrogens is 374 g/mol. The molecule has 0 saturated heterocycles. The number of rotatable bonds is 1. The predicted octanol–water partition coefficient (Wildman–Crippen LogP) is 8.13. The lowest BCUT2D eigenvalue weighted by atomic mass is 9.84. The molecule has 0 spiro atoms. The minimum Gasteiger partial charge on any atom is -0.445 e. The number of anilines is 3. The van der Waals surface area contributed by atoms with Crippen LogP contribution in [0, 0.1) is 27.7 Å². The average Bonchev–Trinajstić information content (AvgIpc) is 3.18. The summed E-state index contributed by atoms with van der Waals surface area (Å²) in [7, 11) is 0. The SMILES string of the molecule is Cc1ccc2c3c(oc2c1)N(c1c(C)cc(C(C)(C)C)cc1C)c1oc(C)cc1O3. The van der Waals surface area contributed by atoms with Gasteiger partial charge in [0.15, 0.2) is 11.5 Å². The van der Waals surface area contributed by atoms with Crippen LogP contribution >= 0.6 is 0 Å². The van der Waals surface area contributed by atoms with E-state index in [2.05, 4.69) is 70.7 Å². The summed E-state index contributed by atoms with van der Waals surface area (Å²) in [5, 5.41) is 0.965. The zero-order valence-corrected chi connectivity index (χ0v) is 18.6. The first kappa shape index (κ1) is 18.9. The van der Waals surface area contributed by atoms with Crippen LogP contribution in [0.4, 0.5) is 17.5 Å². The smallest absolute Gasteiger partial charge is 0.251 e. The summed E-state index contributed by atoms with van der Waals surface area (Å²) in [6.45, 7) is 15.0. The Labute approximate surface area is 177 Å². The number of hydrogen-bond acceptors (Lipinski definition) is 4. The van der Waals surface area contributed by atoms with Gasteiger partial charge in [0, 0.05) is 6.07 Å². The number of hydrogen-bond donors (Lipinski definition) is 0. The van der Waals surface area contributed by atoms with Crippen molar-refractivity contribution in [2.75, 3.05) is 4.90 Å². The molecule has 154 valence electrons. The molecule has 2 aromatic carbocycles. The molecule has 1 aliphatic rings. The van der Waals surface area contributed by atoms with E-state index < -0.39 is 0 Å². The first-order valence-corrected chi connectivity index (χ1v) is 10.4. The van der Waals surface area contributed by atoms with Gasteiger partial charge in [0.2, 0.25) is 0 Å². The number of furan rings is 2. The van der Waals surface area contributed by atoms with Gasteiger partial charge in [-0.2, -0.15) is 0 Å². The van der Waals surface area contributed by atoms with E-state index in [-0.39, 0.29) is 5.41 Å². The topological polar surface area (TPSA) is 38.8 Å². The van der Waals surface area contributed by atoms with Crippen LogP contribution in [-0.4, -0.2) is 0 Å². The van der Waals surface area contributed by atoms with Crippen molar-refractivity contribution in [3.8, 4) is 11.5 Å². The monoisotopic (exact) mass is 401 g/mol. The van der Waals surface area contributed by atoms with E-state index in [1.54, 1.807) is 0 Å². The third-order valence-corrected chi connectivity index (χ3v) is 5.78. The zero-order valence-electron chi connectivity index (χ0n) is 18.6. The van der Waals surface area contributed by atoms with Gasteiger partial charge in [-0.3, -0.25) is 0 Å². The molecule has 2 aromatic heterocycles. The second kappa shape index (κ2) is 6.18. The minimum absolute atomic E-state index is 0.0769. The van der Waals surface area contributed by atoms with Crippen LogP contribution in [0.5, 0.6) is 11.5 Å². The molecule has 1 aliphatic heterocycles. The number of aryl methyl sites for hydroxylation is 4. The van der Waals surface area contributed by atoms with Crippen LogP contribution in [0.1, 0.15) is 48.8 Å². The van der Waals surface area contributed by atoms with E-state index in [0.29, 0.717) is 17.5 Å². The van der Waals surface area contributed by atoms with Crippen molar-refractivity contribution < 1.29 is 13.6 Å². The van der Waals surface area contributed by atoms with Crippen molar-refractivity contribution in [3.63, 3.8) is 0 Å². The Morgan fingerprint density at radius 2 is 1.50 bits per heavy atom. The number of benzene rings is 2. The van der Waals surface area contributed by atoms with E-state index in [4.69, 9.17) is 13.6 Å². The fourth-order valence-corrected chi connectivity index (χ4v) is 4.27. The summed E-state index contributed by atoms with van der Waals surface area (Å²) < 4.78 is 18.7. The molecule has 30 heavy (non-hydrogen) atoms. The van der Waals surface area contributed by atoms with E-state index in [1.165, 1.54) is 16.7 Å². The van der Waals surface area contributed by atoms with Crippen molar-refractivity contribution >= 4 is 28.4 Å². The summed E-state index contributed by atoms with van der Waals surface area (Å²) in [6, 6.07) is 12.7. The highest BCUT2D eigenvalue weighted by atomic mass is 16.5. The molecule has 0 radical (unpaired) electrons. The Kier molecular flexibility index (Phi) is 3.88. The molecule has 3 heterocycles. The van der Waals surface area contributed by atoms with Crippen molar-refractivity contribution in [1.82, 2.24) is 0 Å². The molecule has 0 saturated carbocycles. The molecule has 0 fully saturated rings. The van der Waals surface area contributed by atoms with Gasteiger partial charge in [-0.1, -0.05) is 39.0 Å². The maximum Gasteiger partial charge on any atom is 0.251 e. The predicted molar refractivity (Wildman–Crippen MR) is 121 cm³/mol. The Morgan fingerprint density at radius 3 is 2.17 bits per heavy atom. The molecule has 0 amide bonds. The fraction of sp³-hybridized carbons (Fsp3) is 0.308. The minimum atomic E-state index is 0.0769. The molecule has 0 unspecified atom stereocenters. The maximum atomic E-state index is 6.35.